The van der Waals surface area contributed by atoms with Crippen LogP contribution in [0.5, 0.6) is 5.75 Å². The molecule has 11 heteroatoms. The van der Waals surface area contributed by atoms with Crippen molar-refractivity contribution in [3.63, 3.8) is 0 Å². The monoisotopic (exact) mass is 449 g/mol. The molecule has 1 atom stereocenters. The van der Waals surface area contributed by atoms with Gasteiger partial charge in [0.2, 0.25) is 10.0 Å². The lowest BCUT2D eigenvalue weighted by Crippen LogP contribution is -2.40. The molecule has 0 spiro atoms. The first-order valence-electron chi connectivity index (χ1n) is 9.62. The molecule has 1 saturated heterocycles. The van der Waals surface area contributed by atoms with Crippen LogP contribution in [0.1, 0.15) is 18.5 Å². The zero-order valence-electron chi connectivity index (χ0n) is 16.9. The molecule has 2 aromatic carbocycles. The van der Waals surface area contributed by atoms with Gasteiger partial charge >= 0.3 is 5.69 Å². The van der Waals surface area contributed by atoms with Crippen molar-refractivity contribution in [2.45, 2.75) is 17.9 Å². The lowest BCUT2D eigenvalue weighted by atomic mass is 10.1. The van der Waals surface area contributed by atoms with Gasteiger partial charge in [0.05, 0.1) is 29.1 Å². The summed E-state index contributed by atoms with van der Waals surface area (Å²) in [5.74, 6) is -0.649. The number of sulfonamides is 1. The van der Waals surface area contributed by atoms with Crippen LogP contribution < -0.4 is 10.1 Å². The third-order valence-electron chi connectivity index (χ3n) is 4.77. The third kappa shape index (κ3) is 5.57. The maximum atomic E-state index is 12.7. The molecular formula is C20H23N3O7S. The predicted octanol–water partition coefficient (Wildman–Crippen LogP) is 1.87. The fraction of sp³-hybridized carbons (Fsp3) is 0.350. The number of nitro benzene ring substituents is 1. The second-order valence-electron chi connectivity index (χ2n) is 6.89. The van der Waals surface area contributed by atoms with E-state index >= 15 is 0 Å². The molecule has 2 aromatic rings. The maximum Gasteiger partial charge on any atom is 0.312 e. The molecule has 1 fully saturated rings. The van der Waals surface area contributed by atoms with Gasteiger partial charge in [0.1, 0.15) is 0 Å². The fourth-order valence-electron chi connectivity index (χ4n) is 3.11. The van der Waals surface area contributed by atoms with E-state index in [-0.39, 0.29) is 43.0 Å². The van der Waals surface area contributed by atoms with Gasteiger partial charge in [-0.3, -0.25) is 14.9 Å². The van der Waals surface area contributed by atoms with Gasteiger partial charge < -0.3 is 14.8 Å². The summed E-state index contributed by atoms with van der Waals surface area (Å²) in [5.41, 5.74) is 0.373. The highest BCUT2D eigenvalue weighted by atomic mass is 32.2. The number of rotatable bonds is 8. The normalized spacial score (nSPS) is 15.8. The molecular weight excluding hydrogens is 426 g/mol. The number of morpholine rings is 1. The third-order valence-corrected chi connectivity index (χ3v) is 6.67. The molecule has 1 N–H and O–H groups in total. The SMILES string of the molecule is CC(NC(=O)COc1ccc(S(=O)(=O)N2CCOCC2)cc1[N+](=O)[O-])c1ccccc1. The van der Waals surface area contributed by atoms with E-state index in [0.717, 1.165) is 11.6 Å². The Morgan fingerprint density at radius 1 is 1.23 bits per heavy atom. The Bertz CT molecular complexity index is 1040. The average molecular weight is 449 g/mol. The number of hydrogen-bond donors (Lipinski definition) is 1. The number of nitrogens with one attached hydrogen (secondary N) is 1. The highest BCUT2D eigenvalue weighted by molar-refractivity contribution is 7.89. The highest BCUT2D eigenvalue weighted by Crippen LogP contribution is 2.31. The molecule has 0 aliphatic carbocycles. The molecule has 31 heavy (non-hydrogen) atoms. The van der Waals surface area contributed by atoms with Crippen molar-refractivity contribution in [1.29, 1.82) is 0 Å². The van der Waals surface area contributed by atoms with Crippen molar-refractivity contribution in [1.82, 2.24) is 9.62 Å². The second-order valence-corrected chi connectivity index (χ2v) is 8.83. The van der Waals surface area contributed by atoms with E-state index in [1.54, 1.807) is 6.92 Å². The van der Waals surface area contributed by atoms with Crippen LogP contribution in [0.3, 0.4) is 0 Å². The summed E-state index contributed by atoms with van der Waals surface area (Å²) >= 11 is 0. The zero-order chi connectivity index (χ0) is 22.4. The Morgan fingerprint density at radius 2 is 1.90 bits per heavy atom. The lowest BCUT2D eigenvalue weighted by Gasteiger charge is -2.26. The number of benzene rings is 2. The number of nitro groups is 1. The highest BCUT2D eigenvalue weighted by Gasteiger charge is 2.29. The molecule has 1 amide bonds. The van der Waals surface area contributed by atoms with Gasteiger partial charge in [0, 0.05) is 19.2 Å². The Balaban J connectivity index is 1.70. The molecule has 0 aromatic heterocycles. The Kier molecular flexibility index (Phi) is 7.21. The smallest absolute Gasteiger partial charge is 0.312 e. The van der Waals surface area contributed by atoms with Crippen LogP contribution in [0.4, 0.5) is 5.69 Å². The number of amides is 1. The molecule has 0 radical (unpaired) electrons. The Morgan fingerprint density at radius 3 is 2.55 bits per heavy atom. The maximum absolute atomic E-state index is 12.7. The summed E-state index contributed by atoms with van der Waals surface area (Å²) in [7, 11) is -3.90. The van der Waals surface area contributed by atoms with Gasteiger partial charge in [-0.05, 0) is 24.6 Å². The van der Waals surface area contributed by atoms with Crippen molar-refractivity contribution < 1.29 is 27.6 Å². The predicted molar refractivity (Wildman–Crippen MR) is 111 cm³/mol. The van der Waals surface area contributed by atoms with Crippen LogP contribution in [0, 0.1) is 10.1 Å². The van der Waals surface area contributed by atoms with Gasteiger partial charge in [-0.1, -0.05) is 30.3 Å². The second kappa shape index (κ2) is 9.86. The van der Waals surface area contributed by atoms with Crippen molar-refractivity contribution in [2.24, 2.45) is 0 Å². The van der Waals surface area contributed by atoms with Crippen LogP contribution in [-0.2, 0) is 19.6 Å². The molecule has 1 heterocycles. The molecule has 1 unspecified atom stereocenters. The Hall–Kier alpha value is -3.02. The quantitative estimate of drug-likeness (QED) is 0.481. The number of ether oxygens (including phenoxy) is 2. The molecule has 1 aliphatic rings. The first-order chi connectivity index (χ1) is 14.8. The number of nitrogens with zero attached hydrogens (tertiary/aromatic N) is 2. The number of hydrogen-bond acceptors (Lipinski definition) is 7. The van der Waals surface area contributed by atoms with Gasteiger partial charge in [-0.15, -0.1) is 0 Å². The average Bonchev–Trinajstić information content (AvgIpc) is 2.78. The molecule has 1 aliphatic heterocycles. The van der Waals surface area contributed by atoms with E-state index < -0.39 is 33.1 Å². The molecule has 10 nitrogen and oxygen atoms in total. The number of carbonyl (C=O) groups is 1. The summed E-state index contributed by atoms with van der Waals surface area (Å²) in [4.78, 5) is 22.7. The summed E-state index contributed by atoms with van der Waals surface area (Å²) < 4.78 is 37.2. The topological polar surface area (TPSA) is 128 Å². The fourth-order valence-corrected chi connectivity index (χ4v) is 4.54. The van der Waals surface area contributed by atoms with E-state index in [4.69, 9.17) is 9.47 Å². The van der Waals surface area contributed by atoms with Crippen LogP contribution in [0.2, 0.25) is 0 Å². The lowest BCUT2D eigenvalue weighted by molar-refractivity contribution is -0.386. The van der Waals surface area contributed by atoms with Crippen LogP contribution in [0.25, 0.3) is 0 Å². The molecule has 0 bridgehead atoms. The van der Waals surface area contributed by atoms with Gasteiger partial charge in [0.15, 0.2) is 12.4 Å². The standard InChI is InChI=1S/C20H23N3O7S/c1-15(16-5-3-2-4-6-16)21-20(24)14-30-19-8-7-17(13-18(19)23(25)26)31(27,28)22-9-11-29-12-10-22/h2-8,13,15H,9-12,14H2,1H3,(H,21,24). The van der Waals surface area contributed by atoms with E-state index in [0.29, 0.717) is 0 Å². The Labute approximate surface area is 180 Å². The minimum Gasteiger partial charge on any atom is -0.477 e. The van der Waals surface area contributed by atoms with E-state index in [2.05, 4.69) is 5.32 Å². The van der Waals surface area contributed by atoms with Crippen molar-refractivity contribution in [3.05, 3.63) is 64.2 Å². The van der Waals surface area contributed by atoms with E-state index in [1.807, 2.05) is 30.3 Å². The first-order valence-corrected chi connectivity index (χ1v) is 11.1. The largest absolute Gasteiger partial charge is 0.477 e. The summed E-state index contributed by atoms with van der Waals surface area (Å²) in [5, 5.41) is 14.2. The first kappa shape index (κ1) is 22.7. The van der Waals surface area contributed by atoms with Crippen LogP contribution >= 0.6 is 0 Å². The van der Waals surface area contributed by atoms with Gasteiger partial charge in [-0.25, -0.2) is 8.42 Å². The van der Waals surface area contributed by atoms with Gasteiger partial charge in [0.25, 0.3) is 5.91 Å². The number of carbonyl (C=O) groups excluding carboxylic acids is 1. The summed E-state index contributed by atoms with van der Waals surface area (Å²) in [6.45, 7) is 2.23. The van der Waals surface area contributed by atoms with E-state index in [9.17, 15) is 23.3 Å². The summed E-state index contributed by atoms with van der Waals surface area (Å²) in [6.07, 6.45) is 0. The van der Waals surface area contributed by atoms with Crippen LogP contribution in [-0.4, -0.2) is 56.5 Å². The minimum absolute atomic E-state index is 0.175. The van der Waals surface area contributed by atoms with Crippen LogP contribution in [0.15, 0.2) is 53.4 Å². The van der Waals surface area contributed by atoms with E-state index in [1.165, 1.54) is 16.4 Å². The van der Waals surface area contributed by atoms with Crippen molar-refractivity contribution in [2.75, 3.05) is 32.9 Å². The molecule has 0 saturated carbocycles. The minimum atomic E-state index is -3.90. The van der Waals surface area contributed by atoms with Crippen molar-refractivity contribution in [3.8, 4) is 5.75 Å². The van der Waals surface area contributed by atoms with Crippen molar-refractivity contribution >= 4 is 21.6 Å². The zero-order valence-corrected chi connectivity index (χ0v) is 17.7. The molecule has 3 rings (SSSR count). The summed E-state index contributed by atoms with van der Waals surface area (Å²) in [6, 6.07) is 12.4. The van der Waals surface area contributed by atoms with Gasteiger partial charge in [-0.2, -0.15) is 4.31 Å². The molecule has 166 valence electrons.